The molecule has 0 saturated carbocycles. The lowest BCUT2D eigenvalue weighted by Crippen LogP contribution is -2.56. The summed E-state index contributed by atoms with van der Waals surface area (Å²) in [7, 11) is -2.41. The van der Waals surface area contributed by atoms with Crippen molar-refractivity contribution in [1.82, 2.24) is 0 Å². The van der Waals surface area contributed by atoms with Gasteiger partial charge in [0.1, 0.15) is 14.6 Å². The van der Waals surface area contributed by atoms with E-state index in [0.717, 1.165) is 12.3 Å². The molecule has 1 aliphatic rings. The van der Waals surface area contributed by atoms with E-state index in [9.17, 15) is 4.39 Å². The molecule has 1 heterocycles. The van der Waals surface area contributed by atoms with Crippen LogP contribution in [-0.4, -0.2) is 8.80 Å². The van der Waals surface area contributed by atoms with E-state index < -0.39 is 16.7 Å². The fourth-order valence-electron chi connectivity index (χ4n) is 7.00. The lowest BCUT2D eigenvalue weighted by atomic mass is 9.88. The topological polar surface area (TPSA) is 0 Å². The Morgan fingerprint density at radius 1 is 0.465 bits per heavy atom. The third-order valence-electron chi connectivity index (χ3n) is 8.93. The number of hydrogen-bond donors (Lipinski definition) is 0. The van der Waals surface area contributed by atoms with Gasteiger partial charge in [-0.1, -0.05) is 158 Å². The molecule has 206 valence electrons. The molecular weight excluding hydrogens is 558 g/mol. The van der Waals surface area contributed by atoms with E-state index in [4.69, 9.17) is 0 Å². The standard InChI is InChI=1S/C40H30FPSi/c41-32-22-24-34(25-23-32)43(33-12-2-1-3-13-33)38-17-9-8-16-37(38)42-26-30-20-18-28-10-4-6-14-35(28)39(30)40-31(27-42)21-19-29-11-5-7-15-36(29)40/h1-25,43H,26-27H2/t43-/m1/s1. The van der Waals surface area contributed by atoms with Gasteiger partial charge in [0.25, 0.3) is 0 Å². The molecule has 8 rings (SSSR count). The summed E-state index contributed by atoms with van der Waals surface area (Å²) < 4.78 is 14.1. The average molecular weight is 589 g/mol. The van der Waals surface area contributed by atoms with Crippen LogP contribution in [0.2, 0.25) is 0 Å². The van der Waals surface area contributed by atoms with Crippen molar-refractivity contribution in [2.24, 2.45) is 0 Å². The maximum absolute atomic E-state index is 14.1. The fourth-order valence-corrected chi connectivity index (χ4v) is 13.5. The van der Waals surface area contributed by atoms with Crippen molar-refractivity contribution in [2.45, 2.75) is 12.3 Å². The van der Waals surface area contributed by atoms with Gasteiger partial charge in [0, 0.05) is 0 Å². The van der Waals surface area contributed by atoms with Crippen LogP contribution in [0.15, 0.2) is 152 Å². The highest BCUT2D eigenvalue weighted by atomic mass is 31.1. The molecule has 0 spiro atoms. The molecule has 0 unspecified atom stereocenters. The number of rotatable bonds is 4. The zero-order valence-corrected chi connectivity index (χ0v) is 25.8. The minimum atomic E-state index is -1.86. The second kappa shape index (κ2) is 11.0. The summed E-state index contributed by atoms with van der Waals surface area (Å²) in [6.45, 7) is 0. The first-order chi connectivity index (χ1) is 21.2. The number of benzene rings is 7. The molecule has 0 aliphatic carbocycles. The van der Waals surface area contributed by atoms with Gasteiger partial charge in [0.2, 0.25) is 0 Å². The quantitative estimate of drug-likeness (QED) is 0.112. The summed E-state index contributed by atoms with van der Waals surface area (Å²) in [4.78, 5) is 0. The molecule has 0 bridgehead atoms. The number of hydrogen-bond acceptors (Lipinski definition) is 0. The van der Waals surface area contributed by atoms with Crippen LogP contribution in [0.25, 0.3) is 32.7 Å². The Bertz CT molecular complexity index is 2020. The first kappa shape index (κ1) is 26.3. The molecule has 7 aromatic rings. The molecule has 0 nitrogen and oxygen atoms in total. The Kier molecular flexibility index (Phi) is 6.75. The normalized spacial score (nSPS) is 13.8. The summed E-state index contributed by atoms with van der Waals surface area (Å²) >= 11 is 0. The Morgan fingerprint density at radius 3 is 1.60 bits per heavy atom. The van der Waals surface area contributed by atoms with Crippen molar-refractivity contribution in [2.75, 3.05) is 0 Å². The van der Waals surface area contributed by atoms with Crippen molar-refractivity contribution >= 4 is 59.1 Å². The van der Waals surface area contributed by atoms with Gasteiger partial charge in [0.15, 0.2) is 0 Å². The minimum absolute atomic E-state index is 0.182. The van der Waals surface area contributed by atoms with Gasteiger partial charge in [-0.3, -0.25) is 0 Å². The highest BCUT2D eigenvalue weighted by Gasteiger charge is 2.29. The van der Waals surface area contributed by atoms with Crippen molar-refractivity contribution in [3.05, 3.63) is 169 Å². The van der Waals surface area contributed by atoms with E-state index in [1.54, 1.807) is 12.1 Å². The highest BCUT2D eigenvalue weighted by molar-refractivity contribution is 7.64. The van der Waals surface area contributed by atoms with Crippen LogP contribution >= 0.6 is 7.92 Å². The molecule has 1 atom stereocenters. The third kappa shape index (κ3) is 4.72. The first-order valence-corrected chi connectivity index (χ1v) is 18.3. The van der Waals surface area contributed by atoms with Gasteiger partial charge in [-0.05, 0) is 78.7 Å². The zero-order chi connectivity index (χ0) is 28.8. The van der Waals surface area contributed by atoms with Gasteiger partial charge in [-0.15, -0.1) is 0 Å². The minimum Gasteiger partial charge on any atom is -0.207 e. The molecule has 3 heteroatoms. The van der Waals surface area contributed by atoms with Crippen molar-refractivity contribution in [3.8, 4) is 11.1 Å². The Morgan fingerprint density at radius 2 is 0.977 bits per heavy atom. The Hall–Kier alpha value is -4.36. The molecule has 0 radical (unpaired) electrons. The molecule has 0 fully saturated rings. The molecule has 7 aromatic carbocycles. The number of fused-ring (bicyclic) bond motifs is 7. The molecule has 0 saturated heterocycles. The Balaban J connectivity index is 1.36. The van der Waals surface area contributed by atoms with Gasteiger partial charge in [-0.25, -0.2) is 4.39 Å². The largest absolute Gasteiger partial charge is 0.207 e. The summed E-state index contributed by atoms with van der Waals surface area (Å²) in [6.07, 6.45) is 2.07. The summed E-state index contributed by atoms with van der Waals surface area (Å²) in [5.74, 6) is -0.182. The summed E-state index contributed by atoms with van der Waals surface area (Å²) in [5, 5.41) is 10.8. The predicted octanol–water partition coefficient (Wildman–Crippen LogP) is 7.87. The SMILES string of the molecule is Fc1ccc([Si@@H](c2ccccc2)c2ccccc2P2Cc3ccc4ccccc4c3-c3c(ccc4ccccc34)C2)cc1. The van der Waals surface area contributed by atoms with Crippen molar-refractivity contribution < 1.29 is 4.39 Å². The highest BCUT2D eigenvalue weighted by Crippen LogP contribution is 2.52. The van der Waals surface area contributed by atoms with E-state index in [0.29, 0.717) is 0 Å². The van der Waals surface area contributed by atoms with Crippen molar-refractivity contribution in [1.29, 1.82) is 0 Å². The van der Waals surface area contributed by atoms with E-state index in [2.05, 4.69) is 127 Å². The molecule has 0 aromatic heterocycles. The van der Waals surface area contributed by atoms with E-state index in [1.165, 1.54) is 64.7 Å². The van der Waals surface area contributed by atoms with Gasteiger partial charge >= 0.3 is 0 Å². The molecule has 1 aliphatic heterocycles. The van der Waals surface area contributed by atoms with Crippen LogP contribution in [0.5, 0.6) is 0 Å². The van der Waals surface area contributed by atoms with Gasteiger partial charge in [0.05, 0.1) is 0 Å². The van der Waals surface area contributed by atoms with E-state index in [1.807, 2.05) is 12.1 Å². The summed E-state index contributed by atoms with van der Waals surface area (Å²) in [6, 6.07) is 54.4. The molecule has 0 amide bonds. The van der Waals surface area contributed by atoms with Crippen LogP contribution in [0.4, 0.5) is 4.39 Å². The second-order valence-corrected chi connectivity index (χ2v) is 16.5. The summed E-state index contributed by atoms with van der Waals surface area (Å²) in [5.41, 5.74) is 5.69. The van der Waals surface area contributed by atoms with Crippen molar-refractivity contribution in [3.63, 3.8) is 0 Å². The molecule has 0 N–H and O–H groups in total. The van der Waals surface area contributed by atoms with Crippen LogP contribution < -0.4 is 20.9 Å². The van der Waals surface area contributed by atoms with Crippen LogP contribution in [0.3, 0.4) is 0 Å². The van der Waals surface area contributed by atoms with Crippen LogP contribution in [0, 0.1) is 5.82 Å². The van der Waals surface area contributed by atoms with Crippen LogP contribution in [0.1, 0.15) is 11.1 Å². The average Bonchev–Trinajstić information content (AvgIpc) is 3.24. The maximum Gasteiger partial charge on any atom is 0.133 e. The Labute approximate surface area is 254 Å². The second-order valence-electron chi connectivity index (χ2n) is 11.5. The predicted molar refractivity (Wildman–Crippen MR) is 186 cm³/mol. The lowest BCUT2D eigenvalue weighted by Gasteiger charge is -2.25. The zero-order valence-electron chi connectivity index (χ0n) is 23.8. The molecule has 43 heavy (non-hydrogen) atoms. The maximum atomic E-state index is 14.1. The first-order valence-electron chi connectivity index (χ1n) is 14.9. The van der Waals surface area contributed by atoms with Gasteiger partial charge < -0.3 is 0 Å². The van der Waals surface area contributed by atoms with E-state index in [-0.39, 0.29) is 5.82 Å². The van der Waals surface area contributed by atoms with Crippen LogP contribution in [-0.2, 0) is 12.3 Å². The number of halogens is 1. The van der Waals surface area contributed by atoms with E-state index >= 15 is 0 Å². The monoisotopic (exact) mass is 588 g/mol. The third-order valence-corrected chi connectivity index (χ3v) is 14.9. The van der Waals surface area contributed by atoms with Gasteiger partial charge in [-0.2, -0.15) is 0 Å². The fraction of sp³-hybridized carbons (Fsp3) is 0.0500. The lowest BCUT2D eigenvalue weighted by molar-refractivity contribution is 0.628. The smallest absolute Gasteiger partial charge is 0.133 e. The molecular formula is C40H30FPSi.